The first-order valence-corrected chi connectivity index (χ1v) is 8.18. The van der Waals surface area contributed by atoms with Gasteiger partial charge in [0.05, 0.1) is 17.5 Å². The van der Waals surface area contributed by atoms with Crippen LogP contribution in [0.15, 0.2) is 47.3 Å². The number of hydrogen-bond donors (Lipinski definition) is 3. The lowest BCUT2D eigenvalue weighted by Gasteiger charge is -2.13. The number of rotatable bonds is 5. The summed E-state index contributed by atoms with van der Waals surface area (Å²) in [5.74, 6) is -0.915. The lowest BCUT2D eigenvalue weighted by atomic mass is 10.1. The molecule has 2 aromatic carbocycles. The molecule has 0 unspecified atom stereocenters. The Kier molecular flexibility index (Phi) is 4.88. The fourth-order valence-electron chi connectivity index (χ4n) is 2.52. The van der Waals surface area contributed by atoms with Gasteiger partial charge in [0.25, 0.3) is 5.91 Å². The molecule has 0 saturated carbocycles. The Balaban J connectivity index is 1.58. The Morgan fingerprint density at radius 1 is 1.08 bits per heavy atom. The summed E-state index contributed by atoms with van der Waals surface area (Å²) in [6, 6.07) is 12.5. The third-order valence-corrected chi connectivity index (χ3v) is 3.93. The maximum absolute atomic E-state index is 12.2. The average Bonchev–Trinajstić information content (AvgIpc) is 2.96. The first-order chi connectivity index (χ1) is 12.4. The predicted molar refractivity (Wildman–Crippen MR) is 98.0 cm³/mol. The molecule has 1 amide bonds. The molecule has 7 heteroatoms. The van der Waals surface area contributed by atoms with Crippen LogP contribution in [0.5, 0.6) is 0 Å². The van der Waals surface area contributed by atoms with Crippen LogP contribution >= 0.6 is 0 Å². The number of fused-ring (bicyclic) bond motifs is 1. The van der Waals surface area contributed by atoms with E-state index in [1.54, 1.807) is 18.2 Å². The molecule has 0 spiro atoms. The van der Waals surface area contributed by atoms with E-state index < -0.39 is 18.0 Å². The second-order valence-corrected chi connectivity index (χ2v) is 6.12. The first kappa shape index (κ1) is 17.5. The van der Waals surface area contributed by atoms with Crippen molar-refractivity contribution in [2.75, 3.05) is 5.32 Å². The second kappa shape index (κ2) is 7.26. The van der Waals surface area contributed by atoms with E-state index in [0.29, 0.717) is 16.7 Å². The van der Waals surface area contributed by atoms with Crippen molar-refractivity contribution in [3.8, 4) is 0 Å². The minimum Gasteiger partial charge on any atom is -0.452 e. The van der Waals surface area contributed by atoms with E-state index in [1.165, 1.54) is 6.92 Å². The highest BCUT2D eigenvalue weighted by atomic mass is 16.5. The number of hydrogen-bond acceptors (Lipinski definition) is 4. The van der Waals surface area contributed by atoms with Crippen molar-refractivity contribution in [2.24, 2.45) is 0 Å². The van der Waals surface area contributed by atoms with Gasteiger partial charge in [0, 0.05) is 5.69 Å². The third kappa shape index (κ3) is 4.18. The minimum absolute atomic E-state index is 0.106. The largest absolute Gasteiger partial charge is 0.452 e. The Hall–Kier alpha value is -3.35. The molecule has 0 radical (unpaired) electrons. The van der Waals surface area contributed by atoms with Crippen LogP contribution in [0.25, 0.3) is 11.0 Å². The predicted octanol–water partition coefficient (Wildman–Crippen LogP) is 2.28. The van der Waals surface area contributed by atoms with E-state index in [9.17, 15) is 14.4 Å². The molecule has 0 bridgehead atoms. The van der Waals surface area contributed by atoms with Crippen LogP contribution in [0.3, 0.4) is 0 Å². The van der Waals surface area contributed by atoms with Gasteiger partial charge in [0.1, 0.15) is 0 Å². The van der Waals surface area contributed by atoms with Gasteiger partial charge in [-0.1, -0.05) is 29.8 Å². The van der Waals surface area contributed by atoms with Crippen molar-refractivity contribution in [2.45, 2.75) is 26.4 Å². The molecule has 1 atom stereocenters. The number of nitrogens with one attached hydrogen (secondary N) is 3. The maximum atomic E-state index is 12.2. The fourth-order valence-corrected chi connectivity index (χ4v) is 2.52. The number of aromatic amines is 2. The van der Waals surface area contributed by atoms with Gasteiger partial charge in [-0.2, -0.15) is 0 Å². The number of aromatic nitrogens is 2. The molecule has 1 aromatic heterocycles. The molecular formula is C19H19N3O4. The van der Waals surface area contributed by atoms with E-state index in [-0.39, 0.29) is 12.1 Å². The van der Waals surface area contributed by atoms with Gasteiger partial charge in [0.15, 0.2) is 6.10 Å². The van der Waals surface area contributed by atoms with Gasteiger partial charge < -0.3 is 20.0 Å². The van der Waals surface area contributed by atoms with Crippen LogP contribution in [0.2, 0.25) is 0 Å². The molecule has 0 aliphatic heterocycles. The van der Waals surface area contributed by atoms with Crippen molar-refractivity contribution < 1.29 is 14.3 Å². The van der Waals surface area contributed by atoms with Crippen LogP contribution in [-0.2, 0) is 20.7 Å². The molecule has 0 fully saturated rings. The van der Waals surface area contributed by atoms with Crippen molar-refractivity contribution in [3.63, 3.8) is 0 Å². The number of carbonyl (C=O) groups excluding carboxylic acids is 2. The zero-order chi connectivity index (χ0) is 18.7. The van der Waals surface area contributed by atoms with Crippen molar-refractivity contribution >= 4 is 28.6 Å². The summed E-state index contributed by atoms with van der Waals surface area (Å²) in [6.45, 7) is 3.48. The normalized spacial score (nSPS) is 11.9. The summed E-state index contributed by atoms with van der Waals surface area (Å²) >= 11 is 0. The molecule has 3 N–H and O–H groups in total. The average molecular weight is 353 g/mol. The smallest absolute Gasteiger partial charge is 0.323 e. The Morgan fingerprint density at radius 3 is 2.50 bits per heavy atom. The molecule has 3 rings (SSSR count). The summed E-state index contributed by atoms with van der Waals surface area (Å²) in [4.78, 5) is 40.7. The summed E-state index contributed by atoms with van der Waals surface area (Å²) in [5.41, 5.74) is 3.34. The number of esters is 1. The molecule has 7 nitrogen and oxygen atoms in total. The Morgan fingerprint density at radius 2 is 1.77 bits per heavy atom. The lowest BCUT2D eigenvalue weighted by molar-refractivity contribution is -0.152. The highest BCUT2D eigenvalue weighted by molar-refractivity contribution is 5.96. The minimum atomic E-state index is -0.936. The topological polar surface area (TPSA) is 104 Å². The SMILES string of the molecule is Cc1ccc(CC(=O)O[C@@H](C)C(=O)Nc2ccc3[nH]c(=O)[nH]c3c2)cc1. The number of imidazole rings is 1. The van der Waals surface area contributed by atoms with Gasteiger partial charge >= 0.3 is 11.7 Å². The summed E-state index contributed by atoms with van der Waals surface area (Å²) in [6.07, 6.45) is -0.831. The number of anilines is 1. The molecule has 26 heavy (non-hydrogen) atoms. The number of aryl methyl sites for hydroxylation is 1. The van der Waals surface area contributed by atoms with Gasteiger partial charge in [-0.25, -0.2) is 4.79 Å². The first-order valence-electron chi connectivity index (χ1n) is 8.18. The van der Waals surface area contributed by atoms with Crippen LogP contribution in [-0.4, -0.2) is 27.9 Å². The summed E-state index contributed by atoms with van der Waals surface area (Å²) < 4.78 is 5.20. The van der Waals surface area contributed by atoms with E-state index in [4.69, 9.17) is 4.74 Å². The Bertz CT molecular complexity index is 1000. The quantitative estimate of drug-likeness (QED) is 0.612. The van der Waals surface area contributed by atoms with Crippen LogP contribution in [0, 0.1) is 6.92 Å². The van der Waals surface area contributed by atoms with E-state index in [2.05, 4.69) is 15.3 Å². The maximum Gasteiger partial charge on any atom is 0.323 e. The van der Waals surface area contributed by atoms with Gasteiger partial charge in [-0.3, -0.25) is 9.59 Å². The number of amides is 1. The van der Waals surface area contributed by atoms with Crippen molar-refractivity contribution in [1.29, 1.82) is 0 Å². The van der Waals surface area contributed by atoms with Crippen LogP contribution < -0.4 is 11.0 Å². The number of carbonyl (C=O) groups is 2. The zero-order valence-corrected chi connectivity index (χ0v) is 14.5. The second-order valence-electron chi connectivity index (χ2n) is 6.12. The molecule has 1 heterocycles. The van der Waals surface area contributed by atoms with E-state index in [0.717, 1.165) is 11.1 Å². The van der Waals surface area contributed by atoms with Gasteiger partial charge in [-0.05, 0) is 37.6 Å². The molecule has 3 aromatic rings. The van der Waals surface area contributed by atoms with E-state index >= 15 is 0 Å². The number of benzene rings is 2. The van der Waals surface area contributed by atoms with Gasteiger partial charge in [-0.15, -0.1) is 0 Å². The molecule has 0 saturated heterocycles. The highest BCUT2D eigenvalue weighted by Gasteiger charge is 2.18. The lowest BCUT2D eigenvalue weighted by Crippen LogP contribution is -2.30. The molecule has 0 aliphatic carbocycles. The number of H-pyrrole nitrogens is 2. The third-order valence-electron chi connectivity index (χ3n) is 3.93. The molecule has 0 aliphatic rings. The Labute approximate surface area is 149 Å². The fraction of sp³-hybridized carbons (Fsp3) is 0.211. The zero-order valence-electron chi connectivity index (χ0n) is 14.5. The van der Waals surface area contributed by atoms with Crippen LogP contribution in [0.1, 0.15) is 18.1 Å². The van der Waals surface area contributed by atoms with Gasteiger partial charge in [0.2, 0.25) is 0 Å². The van der Waals surface area contributed by atoms with Crippen molar-refractivity contribution in [1.82, 2.24) is 9.97 Å². The monoisotopic (exact) mass is 353 g/mol. The van der Waals surface area contributed by atoms with Crippen molar-refractivity contribution in [3.05, 3.63) is 64.1 Å². The van der Waals surface area contributed by atoms with Crippen LogP contribution in [0.4, 0.5) is 5.69 Å². The summed E-state index contributed by atoms with van der Waals surface area (Å²) in [5, 5.41) is 2.67. The summed E-state index contributed by atoms with van der Waals surface area (Å²) in [7, 11) is 0. The molecular weight excluding hydrogens is 334 g/mol. The number of ether oxygens (including phenoxy) is 1. The standard InChI is InChI=1S/C19H19N3O4/c1-11-3-5-13(6-4-11)9-17(23)26-12(2)18(24)20-14-7-8-15-16(10-14)22-19(25)21-15/h3-8,10,12H,9H2,1-2H3,(H,20,24)(H2,21,22,25)/t12-/m0/s1. The highest BCUT2D eigenvalue weighted by Crippen LogP contribution is 2.15. The molecule has 134 valence electrons. The van der Waals surface area contributed by atoms with E-state index in [1.807, 2.05) is 31.2 Å².